The Morgan fingerprint density at radius 2 is 1.11 bits per heavy atom. The molecule has 244 valence electrons. The van der Waals surface area contributed by atoms with Crippen molar-refractivity contribution in [1.29, 1.82) is 0 Å². The first kappa shape index (κ1) is 33.5. The summed E-state index contributed by atoms with van der Waals surface area (Å²) in [5.41, 5.74) is 5.23. The molecule has 2 aromatic rings. The Kier molecular flexibility index (Phi) is 10.4. The third kappa shape index (κ3) is 7.39. The molecule has 8 heteroatoms. The molecule has 0 amide bonds. The first-order chi connectivity index (χ1) is 21.9. The maximum absolute atomic E-state index is 13.5. The monoisotopic (exact) mass is 624 g/mol. The van der Waals surface area contributed by atoms with Gasteiger partial charge in [-0.1, -0.05) is 75.3 Å². The molecule has 2 N–H and O–H groups in total. The zero-order chi connectivity index (χ0) is 33.1. The summed E-state index contributed by atoms with van der Waals surface area (Å²) >= 11 is 0. The number of aliphatic imine (C=N–C) groups is 2. The topological polar surface area (TPSA) is 85.7 Å². The van der Waals surface area contributed by atoms with E-state index in [9.17, 15) is 10.2 Å². The fourth-order valence-corrected chi connectivity index (χ4v) is 6.66. The van der Waals surface area contributed by atoms with Crippen LogP contribution in [0.3, 0.4) is 0 Å². The number of nitrogens with zero attached hydrogens (tertiary/aromatic N) is 4. The summed E-state index contributed by atoms with van der Waals surface area (Å²) in [6, 6.07) is 8.13. The minimum absolute atomic E-state index is 0.0262. The zero-order valence-corrected chi connectivity index (χ0v) is 28.9. The quantitative estimate of drug-likeness (QED) is 0.315. The minimum Gasteiger partial charge on any atom is -0.872 e. The first-order valence-corrected chi connectivity index (χ1v) is 16.9. The number of amidine groups is 2. The third-order valence-electron chi connectivity index (χ3n) is 9.94. The maximum Gasteiger partial charge on any atom is 0.343 e. The molecule has 0 spiro atoms. The summed E-state index contributed by atoms with van der Waals surface area (Å²) in [5.74, 6) is 2.84. The largest absolute Gasteiger partial charge is 0.872 e. The minimum atomic E-state index is -0.0262. The van der Waals surface area contributed by atoms with Crippen LogP contribution < -0.4 is 20.0 Å². The molecule has 2 heterocycles. The van der Waals surface area contributed by atoms with Crippen LogP contribution in [0.5, 0.6) is 11.5 Å². The molecule has 4 atom stereocenters. The number of nitrogens with one attached hydrogen (secondary N) is 2. The second-order valence-electron chi connectivity index (χ2n) is 13.9. The van der Waals surface area contributed by atoms with E-state index in [2.05, 4.69) is 102 Å². The molecule has 0 saturated heterocycles. The van der Waals surface area contributed by atoms with Gasteiger partial charge in [0, 0.05) is 23.6 Å². The molecule has 2 aromatic carbocycles. The summed E-state index contributed by atoms with van der Waals surface area (Å²) in [6.45, 7) is 14.1. The average Bonchev–Trinajstić information content (AvgIpc) is 3.51. The van der Waals surface area contributed by atoms with Crippen molar-refractivity contribution in [2.24, 2.45) is 9.98 Å². The Labute approximate surface area is 275 Å². The van der Waals surface area contributed by atoms with E-state index in [1.165, 1.54) is 21.5 Å². The Bertz CT molecular complexity index is 1520. The Hall–Kier alpha value is -3.88. The van der Waals surface area contributed by atoms with Crippen LogP contribution in [0.1, 0.15) is 112 Å². The maximum atomic E-state index is 13.5. The second-order valence-corrected chi connectivity index (χ2v) is 13.9. The lowest BCUT2D eigenvalue weighted by molar-refractivity contribution is -0.774. The predicted molar refractivity (Wildman–Crippen MR) is 183 cm³/mol. The van der Waals surface area contributed by atoms with Crippen molar-refractivity contribution >= 4 is 24.1 Å². The molecule has 2 aliphatic heterocycles. The zero-order valence-electron chi connectivity index (χ0n) is 28.9. The normalized spacial score (nSPS) is 23.5. The molecule has 0 bridgehead atoms. The highest BCUT2D eigenvalue weighted by Gasteiger charge is 2.27. The lowest BCUT2D eigenvalue weighted by Crippen LogP contribution is -3.08. The Morgan fingerprint density at radius 3 is 1.43 bits per heavy atom. The van der Waals surface area contributed by atoms with Gasteiger partial charge in [-0.05, 0) is 47.9 Å². The van der Waals surface area contributed by atoms with E-state index in [1.807, 2.05) is 12.1 Å². The summed E-state index contributed by atoms with van der Waals surface area (Å²) in [4.78, 5) is 12.5. The van der Waals surface area contributed by atoms with Crippen LogP contribution in [0.25, 0.3) is 0 Å². The van der Waals surface area contributed by atoms with Crippen LogP contribution in [0.2, 0.25) is 0 Å². The fraction of sp³-hybridized carbons (Fsp3) is 0.474. The van der Waals surface area contributed by atoms with Crippen LogP contribution >= 0.6 is 0 Å². The van der Waals surface area contributed by atoms with Crippen molar-refractivity contribution in [3.05, 3.63) is 82.4 Å². The Morgan fingerprint density at radius 1 is 0.717 bits per heavy atom. The van der Waals surface area contributed by atoms with E-state index >= 15 is 0 Å². The van der Waals surface area contributed by atoms with Crippen LogP contribution in [0.15, 0.2) is 59.1 Å². The van der Waals surface area contributed by atoms with Crippen molar-refractivity contribution in [2.75, 3.05) is 14.1 Å². The van der Waals surface area contributed by atoms with Gasteiger partial charge in [0.25, 0.3) is 0 Å². The fourth-order valence-electron chi connectivity index (χ4n) is 6.66. The van der Waals surface area contributed by atoms with Gasteiger partial charge >= 0.3 is 11.7 Å². The van der Waals surface area contributed by atoms with Crippen molar-refractivity contribution in [2.45, 2.75) is 104 Å². The molecule has 3 aliphatic rings. The molecule has 0 aromatic heterocycles. The smallest absolute Gasteiger partial charge is 0.343 e. The van der Waals surface area contributed by atoms with Crippen LogP contribution in [-0.2, 0) is 13.1 Å². The van der Waals surface area contributed by atoms with Crippen molar-refractivity contribution in [3.63, 3.8) is 0 Å². The molecular weight excluding hydrogens is 572 g/mol. The first-order valence-electron chi connectivity index (χ1n) is 16.9. The summed E-state index contributed by atoms with van der Waals surface area (Å²) < 4.78 is 4.26. The van der Waals surface area contributed by atoms with Crippen molar-refractivity contribution in [1.82, 2.24) is 0 Å². The number of hydrogen-bond acceptors (Lipinski definition) is 4. The summed E-state index contributed by atoms with van der Waals surface area (Å²) in [6.07, 6.45) is 16.1. The summed E-state index contributed by atoms with van der Waals surface area (Å²) in [7, 11) is 4.12. The Balaban J connectivity index is 1.39. The number of quaternary nitrogens is 2. The SMILES string of the molecule is CC1=[N+](C)C=C[NH+]1Cc1cc(C=NC2CCCCC2N=Cc2cc(C[NH+]3C=C[N+](C)=C3C)cc(C(C)C)c2[O-])c([O-])c(C(C)C)c1. The van der Waals surface area contributed by atoms with E-state index < -0.39 is 0 Å². The molecule has 1 aliphatic carbocycles. The van der Waals surface area contributed by atoms with Gasteiger partial charge in [-0.25, -0.2) is 9.80 Å². The summed E-state index contributed by atoms with van der Waals surface area (Å²) in [5, 5.41) is 27.0. The third-order valence-corrected chi connectivity index (χ3v) is 9.94. The van der Waals surface area contributed by atoms with Gasteiger partial charge < -0.3 is 10.2 Å². The van der Waals surface area contributed by atoms with E-state index in [4.69, 9.17) is 9.98 Å². The lowest BCUT2D eigenvalue weighted by atomic mass is 9.90. The van der Waals surface area contributed by atoms with Gasteiger partial charge in [0.1, 0.15) is 27.2 Å². The van der Waals surface area contributed by atoms with Crippen LogP contribution in [0.4, 0.5) is 0 Å². The van der Waals surface area contributed by atoms with Crippen molar-refractivity contribution in [3.8, 4) is 11.5 Å². The molecule has 1 saturated carbocycles. The molecule has 0 radical (unpaired) electrons. The molecule has 5 rings (SSSR count). The number of rotatable bonds is 10. The highest BCUT2D eigenvalue weighted by Crippen LogP contribution is 2.30. The van der Waals surface area contributed by atoms with Gasteiger partial charge in [-0.15, -0.1) is 0 Å². The van der Waals surface area contributed by atoms with E-state index in [0.29, 0.717) is 11.1 Å². The lowest BCUT2D eigenvalue weighted by Gasteiger charge is -2.27. The van der Waals surface area contributed by atoms with E-state index in [-0.39, 0.29) is 35.4 Å². The average molecular weight is 625 g/mol. The molecular formula is C38H52N6O2+2. The number of hydrogen-bond donors (Lipinski definition) is 2. The molecule has 1 fully saturated rings. The molecule has 46 heavy (non-hydrogen) atoms. The van der Waals surface area contributed by atoms with E-state index in [1.54, 1.807) is 12.4 Å². The van der Waals surface area contributed by atoms with Gasteiger partial charge in [0.2, 0.25) is 12.4 Å². The van der Waals surface area contributed by atoms with Gasteiger partial charge in [-0.2, -0.15) is 9.15 Å². The predicted octanol–water partition coefficient (Wildman–Crippen LogP) is 2.79. The molecule has 8 nitrogen and oxygen atoms in total. The van der Waals surface area contributed by atoms with Gasteiger partial charge in [-0.3, -0.25) is 9.98 Å². The standard InChI is InChI=1S/C38H50N6O2/c1-25(2)33-19-29(23-43-15-13-41(7)27(43)5)17-31(37(33)45)21-39-35-11-9-10-12-36(35)40-22-32-18-30(20-34(26(3)4)38(32)46)24-44-16-14-42(8)28(44)6/h13-22,25-26,35-36H,9-12,23-24H2,1-8H3/p+2. The van der Waals surface area contributed by atoms with Gasteiger partial charge in [0.05, 0.1) is 25.9 Å². The highest BCUT2D eigenvalue weighted by molar-refractivity contribution is 5.85. The van der Waals surface area contributed by atoms with E-state index in [0.717, 1.165) is 61.0 Å². The van der Waals surface area contributed by atoms with Crippen LogP contribution in [0, 0.1) is 0 Å². The number of benzene rings is 2. The van der Waals surface area contributed by atoms with Gasteiger partial charge in [0.15, 0.2) is 12.4 Å². The second kappa shape index (κ2) is 14.3. The van der Waals surface area contributed by atoms with Crippen LogP contribution in [-0.4, -0.2) is 59.4 Å². The highest BCUT2D eigenvalue weighted by atomic mass is 16.3. The van der Waals surface area contributed by atoms with Crippen molar-refractivity contribution < 1.29 is 29.2 Å². The molecule has 4 unspecified atom stereocenters.